The summed E-state index contributed by atoms with van der Waals surface area (Å²) in [5.74, 6) is -0.214. The van der Waals surface area contributed by atoms with Gasteiger partial charge in [-0.05, 0) is 19.2 Å². The largest absolute Gasteiger partial charge is 0.301 e. The number of carbonyl (C=O) groups excluding carboxylic acids is 1. The summed E-state index contributed by atoms with van der Waals surface area (Å²) in [6, 6.07) is 3.24. The highest BCUT2D eigenvalue weighted by Crippen LogP contribution is 2.27. The van der Waals surface area contributed by atoms with Gasteiger partial charge < -0.3 is 4.90 Å². The average molecular weight is 309 g/mol. The normalized spacial score (nSPS) is 14.9. The Morgan fingerprint density at radius 1 is 1.50 bits per heavy atom. The van der Waals surface area contributed by atoms with E-state index in [0.29, 0.717) is 15.8 Å². The molecule has 0 saturated heterocycles. The van der Waals surface area contributed by atoms with Crippen molar-refractivity contribution in [1.82, 2.24) is 14.9 Å². The number of aromatic nitrogens is 2. The molecule has 20 heavy (non-hydrogen) atoms. The Bertz CT molecular complexity index is 640. The van der Waals surface area contributed by atoms with Crippen molar-refractivity contribution in [2.45, 2.75) is 13.0 Å². The number of anilines is 1. The molecule has 0 spiro atoms. The number of amides is 1. The van der Waals surface area contributed by atoms with Gasteiger partial charge in [0.1, 0.15) is 5.15 Å². The summed E-state index contributed by atoms with van der Waals surface area (Å²) in [6.45, 7) is 1.90. The van der Waals surface area contributed by atoms with Crippen LogP contribution in [0.1, 0.15) is 20.9 Å². The Morgan fingerprint density at radius 3 is 3.10 bits per heavy atom. The summed E-state index contributed by atoms with van der Waals surface area (Å²) < 4.78 is 0. The van der Waals surface area contributed by atoms with E-state index >= 15 is 0 Å². The smallest absolute Gasteiger partial charge is 0.259 e. The third-order valence-electron chi connectivity index (χ3n) is 3.13. The van der Waals surface area contributed by atoms with Crippen LogP contribution in [0.5, 0.6) is 0 Å². The Labute approximate surface area is 125 Å². The van der Waals surface area contributed by atoms with Crippen molar-refractivity contribution >= 4 is 34.0 Å². The molecular formula is C13H13ClN4OS. The van der Waals surface area contributed by atoms with E-state index in [0.717, 1.165) is 25.2 Å². The summed E-state index contributed by atoms with van der Waals surface area (Å²) in [4.78, 5) is 23.9. The first-order valence-electron chi connectivity index (χ1n) is 6.22. The van der Waals surface area contributed by atoms with Crippen molar-refractivity contribution in [3.8, 4) is 0 Å². The van der Waals surface area contributed by atoms with E-state index in [-0.39, 0.29) is 5.91 Å². The highest BCUT2D eigenvalue weighted by molar-refractivity contribution is 7.15. The third kappa shape index (κ3) is 2.82. The second-order valence-electron chi connectivity index (χ2n) is 4.70. The maximum atomic E-state index is 12.1. The molecule has 1 N–H and O–H groups in total. The number of halogens is 1. The van der Waals surface area contributed by atoms with E-state index in [1.54, 1.807) is 12.1 Å². The van der Waals surface area contributed by atoms with E-state index in [1.807, 2.05) is 0 Å². The van der Waals surface area contributed by atoms with Gasteiger partial charge in [0.15, 0.2) is 5.13 Å². The van der Waals surface area contributed by atoms with Gasteiger partial charge >= 0.3 is 0 Å². The maximum Gasteiger partial charge on any atom is 0.259 e. The molecule has 5 nitrogen and oxygen atoms in total. The molecule has 1 aliphatic rings. The summed E-state index contributed by atoms with van der Waals surface area (Å²) in [7, 11) is 2.08. The topological polar surface area (TPSA) is 58.1 Å². The molecule has 0 atom stereocenters. The zero-order valence-corrected chi connectivity index (χ0v) is 12.5. The van der Waals surface area contributed by atoms with E-state index < -0.39 is 0 Å². The predicted octanol–water partition coefficient (Wildman–Crippen LogP) is 2.43. The Morgan fingerprint density at radius 2 is 2.35 bits per heavy atom. The molecule has 0 fully saturated rings. The number of likely N-dealkylation sites (N-methyl/N-ethyl adjacent to an activating group) is 1. The average Bonchev–Trinajstić information content (AvgIpc) is 2.80. The van der Waals surface area contributed by atoms with E-state index in [1.165, 1.54) is 22.4 Å². The number of hydrogen-bond acceptors (Lipinski definition) is 5. The number of nitrogens with zero attached hydrogens (tertiary/aromatic N) is 3. The molecule has 7 heteroatoms. The molecule has 3 heterocycles. The van der Waals surface area contributed by atoms with Gasteiger partial charge in [0, 0.05) is 30.6 Å². The molecule has 0 saturated carbocycles. The van der Waals surface area contributed by atoms with Crippen molar-refractivity contribution in [3.63, 3.8) is 0 Å². The lowest BCUT2D eigenvalue weighted by Crippen LogP contribution is -2.25. The molecule has 0 aromatic carbocycles. The molecule has 2 aromatic rings. The van der Waals surface area contributed by atoms with Gasteiger partial charge in [0.05, 0.1) is 11.3 Å². The molecule has 104 valence electrons. The number of rotatable bonds is 2. The van der Waals surface area contributed by atoms with Gasteiger partial charge in [-0.3, -0.25) is 10.1 Å². The van der Waals surface area contributed by atoms with Crippen molar-refractivity contribution < 1.29 is 4.79 Å². The lowest BCUT2D eigenvalue weighted by Gasteiger charge is -2.20. The quantitative estimate of drug-likeness (QED) is 0.866. The van der Waals surface area contributed by atoms with Crippen LogP contribution in [-0.4, -0.2) is 34.4 Å². The molecule has 3 rings (SSSR count). The fourth-order valence-electron chi connectivity index (χ4n) is 2.06. The lowest BCUT2D eigenvalue weighted by molar-refractivity contribution is 0.102. The molecule has 2 aromatic heterocycles. The van der Waals surface area contributed by atoms with Crippen molar-refractivity contribution in [1.29, 1.82) is 0 Å². The minimum Gasteiger partial charge on any atom is -0.301 e. The number of thiazole rings is 1. The zero-order valence-electron chi connectivity index (χ0n) is 10.9. The third-order valence-corrected chi connectivity index (χ3v) is 4.35. The van der Waals surface area contributed by atoms with Crippen LogP contribution in [0, 0.1) is 0 Å². The molecule has 1 amide bonds. The molecule has 0 radical (unpaired) electrons. The van der Waals surface area contributed by atoms with Gasteiger partial charge in [0.25, 0.3) is 5.91 Å². The first-order valence-corrected chi connectivity index (χ1v) is 7.41. The van der Waals surface area contributed by atoms with Gasteiger partial charge in [0.2, 0.25) is 0 Å². The van der Waals surface area contributed by atoms with Crippen LogP contribution in [0.25, 0.3) is 0 Å². The zero-order chi connectivity index (χ0) is 14.1. The monoisotopic (exact) mass is 308 g/mol. The number of hydrogen-bond donors (Lipinski definition) is 1. The van der Waals surface area contributed by atoms with Crippen molar-refractivity contribution in [2.75, 3.05) is 18.9 Å². The summed E-state index contributed by atoms with van der Waals surface area (Å²) in [5, 5.41) is 3.83. The van der Waals surface area contributed by atoms with Gasteiger partial charge in [-0.1, -0.05) is 11.6 Å². The second-order valence-corrected chi connectivity index (χ2v) is 6.17. The fourth-order valence-corrected chi connectivity index (χ4v) is 3.25. The van der Waals surface area contributed by atoms with Gasteiger partial charge in [-0.25, -0.2) is 9.97 Å². The minimum absolute atomic E-state index is 0.214. The van der Waals surface area contributed by atoms with Crippen molar-refractivity contribution in [3.05, 3.63) is 39.6 Å². The van der Waals surface area contributed by atoms with Crippen LogP contribution in [0.2, 0.25) is 5.15 Å². The molecule has 0 unspecified atom stereocenters. The van der Waals surface area contributed by atoms with Gasteiger partial charge in [-0.15, -0.1) is 11.3 Å². The SMILES string of the molecule is CN1CCc2nc(NC(=O)c3ccc(Cl)nc3)sc2C1. The molecule has 0 aliphatic carbocycles. The van der Waals surface area contributed by atoms with E-state index in [2.05, 4.69) is 27.2 Å². The maximum absolute atomic E-state index is 12.1. The Balaban J connectivity index is 1.75. The predicted molar refractivity (Wildman–Crippen MR) is 79.4 cm³/mol. The fraction of sp³-hybridized carbons (Fsp3) is 0.308. The van der Waals surface area contributed by atoms with Crippen LogP contribution in [-0.2, 0) is 13.0 Å². The summed E-state index contributed by atoms with van der Waals surface area (Å²) >= 11 is 7.24. The summed E-state index contributed by atoms with van der Waals surface area (Å²) in [5.41, 5.74) is 1.57. The van der Waals surface area contributed by atoms with E-state index in [4.69, 9.17) is 11.6 Å². The van der Waals surface area contributed by atoms with E-state index in [9.17, 15) is 4.79 Å². The summed E-state index contributed by atoms with van der Waals surface area (Å²) in [6.07, 6.45) is 2.39. The lowest BCUT2D eigenvalue weighted by atomic mass is 10.2. The number of pyridine rings is 1. The molecule has 0 bridgehead atoms. The first kappa shape index (κ1) is 13.5. The Kier molecular flexibility index (Phi) is 3.69. The highest BCUT2D eigenvalue weighted by Gasteiger charge is 2.19. The minimum atomic E-state index is -0.214. The van der Waals surface area contributed by atoms with Gasteiger partial charge in [-0.2, -0.15) is 0 Å². The Hall–Kier alpha value is -1.50. The van der Waals surface area contributed by atoms with Crippen LogP contribution in [0.4, 0.5) is 5.13 Å². The van der Waals surface area contributed by atoms with Crippen LogP contribution < -0.4 is 5.32 Å². The molecule has 1 aliphatic heterocycles. The van der Waals surface area contributed by atoms with Crippen molar-refractivity contribution in [2.24, 2.45) is 0 Å². The van der Waals surface area contributed by atoms with Crippen LogP contribution >= 0.6 is 22.9 Å². The van der Waals surface area contributed by atoms with Crippen LogP contribution in [0.15, 0.2) is 18.3 Å². The van der Waals surface area contributed by atoms with Crippen LogP contribution in [0.3, 0.4) is 0 Å². The highest BCUT2D eigenvalue weighted by atomic mass is 35.5. The first-order chi connectivity index (χ1) is 9.61. The molecular weight excluding hydrogens is 296 g/mol. The second kappa shape index (κ2) is 5.47. The number of carbonyl (C=O) groups is 1. The number of fused-ring (bicyclic) bond motifs is 1. The number of nitrogens with one attached hydrogen (secondary N) is 1. The standard InChI is InChI=1S/C13H13ClN4OS/c1-18-5-4-9-10(7-18)20-13(16-9)17-12(19)8-2-3-11(14)15-6-8/h2-3,6H,4-5,7H2,1H3,(H,16,17,19).